The molecule has 0 bridgehead atoms. The minimum atomic E-state index is -3.82. The van der Waals surface area contributed by atoms with E-state index in [-0.39, 0.29) is 10.6 Å². The molecule has 0 saturated carbocycles. The largest absolute Gasteiger partial charge is 0.283 e. The molecule has 9 heteroatoms. The van der Waals surface area contributed by atoms with Gasteiger partial charge in [-0.2, -0.15) is 0 Å². The van der Waals surface area contributed by atoms with Crippen LogP contribution in [0, 0.1) is 6.92 Å². The van der Waals surface area contributed by atoms with Gasteiger partial charge in [-0.1, -0.05) is 0 Å². The van der Waals surface area contributed by atoms with Crippen LogP contribution in [0.5, 0.6) is 0 Å². The molecule has 1 aromatic carbocycles. The van der Waals surface area contributed by atoms with Crippen molar-refractivity contribution in [3.8, 4) is 0 Å². The molecule has 0 unspecified atom stereocenters. The summed E-state index contributed by atoms with van der Waals surface area (Å²) in [6.07, 6.45) is 1.00. The van der Waals surface area contributed by atoms with Crippen molar-refractivity contribution in [1.82, 2.24) is 0 Å². The number of rotatable bonds is 3. The van der Waals surface area contributed by atoms with E-state index in [1.165, 1.54) is 19.1 Å². The zero-order valence-electron chi connectivity index (χ0n) is 9.06. The molecule has 0 fully saturated rings. The maximum atomic E-state index is 11.2. The van der Waals surface area contributed by atoms with Crippen molar-refractivity contribution in [1.29, 1.82) is 0 Å². The summed E-state index contributed by atoms with van der Waals surface area (Å²) >= 11 is 3.08. The Balaban J connectivity index is 3.39. The summed E-state index contributed by atoms with van der Waals surface area (Å²) in [5.74, 6) is 0. The molecule has 0 amide bonds. The Morgan fingerprint density at radius 1 is 1.24 bits per heavy atom. The predicted molar refractivity (Wildman–Crippen MR) is 68.7 cm³/mol. The van der Waals surface area contributed by atoms with Crippen molar-refractivity contribution < 1.29 is 16.8 Å². The van der Waals surface area contributed by atoms with Crippen molar-refractivity contribution in [3.05, 3.63) is 22.2 Å². The topological polar surface area (TPSA) is 106 Å². The molecule has 0 spiro atoms. The number of hydrogen-bond donors (Lipinski definition) is 2. The van der Waals surface area contributed by atoms with Crippen molar-refractivity contribution >= 4 is 41.7 Å². The molecule has 17 heavy (non-hydrogen) atoms. The molecule has 3 N–H and O–H groups in total. The number of nitrogens with one attached hydrogen (secondary N) is 1. The Hall–Kier alpha value is -0.640. The van der Waals surface area contributed by atoms with Gasteiger partial charge >= 0.3 is 0 Å². The van der Waals surface area contributed by atoms with E-state index < -0.39 is 20.0 Å². The van der Waals surface area contributed by atoms with Gasteiger partial charge in [0.1, 0.15) is 0 Å². The van der Waals surface area contributed by atoms with Gasteiger partial charge in [0.25, 0.3) is 0 Å². The molecule has 0 saturated heterocycles. The Morgan fingerprint density at radius 3 is 2.18 bits per heavy atom. The number of benzene rings is 1. The highest BCUT2D eigenvalue weighted by molar-refractivity contribution is 9.10. The first-order chi connectivity index (χ1) is 7.50. The highest BCUT2D eigenvalue weighted by Gasteiger charge is 2.15. The van der Waals surface area contributed by atoms with Gasteiger partial charge < -0.3 is 0 Å². The van der Waals surface area contributed by atoms with E-state index >= 15 is 0 Å². The summed E-state index contributed by atoms with van der Waals surface area (Å²) in [7, 11) is -7.25. The van der Waals surface area contributed by atoms with Crippen LogP contribution in [-0.2, 0) is 20.0 Å². The second-order valence-corrected chi connectivity index (χ2v) is 7.65. The lowest BCUT2D eigenvalue weighted by Gasteiger charge is -2.10. The van der Waals surface area contributed by atoms with Crippen LogP contribution in [0.4, 0.5) is 5.69 Å². The molecule has 0 radical (unpaired) electrons. The quantitative estimate of drug-likeness (QED) is 0.846. The molecule has 1 aromatic rings. The van der Waals surface area contributed by atoms with E-state index in [4.69, 9.17) is 5.14 Å². The lowest BCUT2D eigenvalue weighted by molar-refractivity contribution is 0.597. The van der Waals surface area contributed by atoms with Gasteiger partial charge in [-0.05, 0) is 40.5 Å². The van der Waals surface area contributed by atoms with Gasteiger partial charge in [0.2, 0.25) is 20.0 Å². The summed E-state index contributed by atoms with van der Waals surface area (Å²) in [6, 6.07) is 2.66. The van der Waals surface area contributed by atoms with Gasteiger partial charge in [-0.25, -0.2) is 22.0 Å². The van der Waals surface area contributed by atoms with Gasteiger partial charge in [0.15, 0.2) is 0 Å². The third-order valence-corrected chi connectivity index (χ3v) is 4.17. The van der Waals surface area contributed by atoms with E-state index in [1.54, 1.807) is 0 Å². The van der Waals surface area contributed by atoms with Crippen LogP contribution in [-0.4, -0.2) is 23.1 Å². The second-order valence-electron chi connectivity index (χ2n) is 3.52. The summed E-state index contributed by atoms with van der Waals surface area (Å²) in [4.78, 5) is -0.0524. The molecule has 0 aliphatic heterocycles. The minimum absolute atomic E-state index is 0.0524. The SMILES string of the molecule is Cc1cc(NS(C)(=O)=O)c(Br)cc1S(N)(=O)=O. The first-order valence-electron chi connectivity index (χ1n) is 4.31. The van der Waals surface area contributed by atoms with Crippen LogP contribution in [0.15, 0.2) is 21.5 Å². The zero-order valence-corrected chi connectivity index (χ0v) is 12.3. The van der Waals surface area contributed by atoms with Crippen molar-refractivity contribution in [2.45, 2.75) is 11.8 Å². The van der Waals surface area contributed by atoms with Crippen molar-refractivity contribution in [2.75, 3.05) is 11.0 Å². The maximum absolute atomic E-state index is 11.2. The Morgan fingerprint density at radius 2 is 1.76 bits per heavy atom. The molecule has 0 heterocycles. The normalized spacial score (nSPS) is 12.5. The summed E-state index contributed by atoms with van der Waals surface area (Å²) < 4.78 is 47.1. The van der Waals surface area contributed by atoms with Crippen molar-refractivity contribution in [2.24, 2.45) is 5.14 Å². The summed E-state index contributed by atoms with van der Waals surface area (Å²) in [5, 5.41) is 5.02. The van der Waals surface area contributed by atoms with Crippen LogP contribution in [0.2, 0.25) is 0 Å². The number of hydrogen-bond acceptors (Lipinski definition) is 4. The molecule has 0 aliphatic carbocycles. The fraction of sp³-hybridized carbons (Fsp3) is 0.250. The van der Waals surface area contributed by atoms with E-state index in [1.807, 2.05) is 0 Å². The van der Waals surface area contributed by atoms with E-state index in [2.05, 4.69) is 20.7 Å². The third-order valence-electron chi connectivity index (χ3n) is 1.87. The summed E-state index contributed by atoms with van der Waals surface area (Å²) in [5.41, 5.74) is 0.624. The number of aryl methyl sites for hydroxylation is 1. The fourth-order valence-electron chi connectivity index (χ4n) is 1.25. The van der Waals surface area contributed by atoms with E-state index in [9.17, 15) is 16.8 Å². The Labute approximate surface area is 108 Å². The smallest absolute Gasteiger partial charge is 0.238 e. The van der Waals surface area contributed by atoms with E-state index in [0.717, 1.165) is 6.26 Å². The van der Waals surface area contributed by atoms with Crippen LogP contribution >= 0.6 is 15.9 Å². The highest BCUT2D eigenvalue weighted by atomic mass is 79.9. The first-order valence-corrected chi connectivity index (χ1v) is 8.54. The molecular formula is C8H11BrN2O4S2. The molecule has 0 aromatic heterocycles. The first kappa shape index (κ1) is 14.4. The van der Waals surface area contributed by atoms with Crippen LogP contribution < -0.4 is 9.86 Å². The number of nitrogens with two attached hydrogens (primary N) is 1. The number of halogens is 1. The Bertz CT molecular complexity index is 652. The standard InChI is InChI=1S/C8H11BrN2O4S2/c1-5-3-7(11-16(2,12)13)6(9)4-8(5)17(10,14)15/h3-4,11H,1-2H3,(H2,10,14,15). The number of sulfonamides is 2. The minimum Gasteiger partial charge on any atom is -0.283 e. The van der Waals surface area contributed by atoms with Gasteiger partial charge in [-0.3, -0.25) is 4.72 Å². The average molecular weight is 343 g/mol. The van der Waals surface area contributed by atoms with Crippen LogP contribution in [0.3, 0.4) is 0 Å². The molecule has 1 rings (SSSR count). The second kappa shape index (κ2) is 4.56. The average Bonchev–Trinajstić information content (AvgIpc) is 2.06. The van der Waals surface area contributed by atoms with Crippen LogP contribution in [0.1, 0.15) is 5.56 Å². The summed E-state index contributed by atoms with van der Waals surface area (Å²) in [6.45, 7) is 1.53. The molecule has 6 nitrogen and oxygen atoms in total. The third kappa shape index (κ3) is 3.95. The lowest BCUT2D eigenvalue weighted by Crippen LogP contribution is -2.15. The zero-order chi connectivity index (χ0) is 13.4. The molecular weight excluding hydrogens is 332 g/mol. The van der Waals surface area contributed by atoms with Crippen LogP contribution in [0.25, 0.3) is 0 Å². The van der Waals surface area contributed by atoms with Crippen molar-refractivity contribution in [3.63, 3.8) is 0 Å². The maximum Gasteiger partial charge on any atom is 0.238 e. The predicted octanol–water partition coefficient (Wildman–Crippen LogP) is 0.776. The van der Waals surface area contributed by atoms with E-state index in [0.29, 0.717) is 10.0 Å². The monoisotopic (exact) mass is 342 g/mol. The molecule has 0 atom stereocenters. The fourth-order valence-corrected chi connectivity index (χ4v) is 3.33. The lowest BCUT2D eigenvalue weighted by atomic mass is 10.2. The Kier molecular flexibility index (Phi) is 3.87. The van der Waals surface area contributed by atoms with Gasteiger partial charge in [0, 0.05) is 4.47 Å². The molecule has 0 aliphatic rings. The molecule has 96 valence electrons. The van der Waals surface area contributed by atoms with Gasteiger partial charge in [0.05, 0.1) is 16.8 Å². The highest BCUT2D eigenvalue weighted by Crippen LogP contribution is 2.28. The number of anilines is 1. The number of primary sulfonamides is 1. The van der Waals surface area contributed by atoms with Gasteiger partial charge in [-0.15, -0.1) is 0 Å².